The molecule has 0 spiro atoms. The lowest BCUT2D eigenvalue weighted by molar-refractivity contribution is -0.137. The molecule has 0 radical (unpaired) electrons. The number of aliphatic hydroxyl groups is 2. The molecule has 0 amide bonds. The van der Waals surface area contributed by atoms with E-state index in [1.165, 1.54) is 12.1 Å². The summed E-state index contributed by atoms with van der Waals surface area (Å²) in [5.74, 6) is 0. The van der Waals surface area contributed by atoms with Gasteiger partial charge in [0.2, 0.25) is 0 Å². The molecule has 118 valence electrons. The molecular weight excluding hydrogens is 283 g/mol. The van der Waals surface area contributed by atoms with Crippen molar-refractivity contribution in [3.8, 4) is 0 Å². The van der Waals surface area contributed by atoms with Gasteiger partial charge in [0.15, 0.2) is 0 Å². The molecule has 0 saturated carbocycles. The Morgan fingerprint density at radius 1 is 1.19 bits per heavy atom. The molecule has 1 aliphatic heterocycles. The number of alkyl halides is 3. The van der Waals surface area contributed by atoms with Crippen molar-refractivity contribution in [2.24, 2.45) is 0 Å². The average molecular weight is 303 g/mol. The highest BCUT2D eigenvalue weighted by molar-refractivity contribution is 5.29. The lowest BCUT2D eigenvalue weighted by Crippen LogP contribution is -2.46. The molecule has 21 heavy (non-hydrogen) atoms. The molecule has 1 atom stereocenters. The van der Waals surface area contributed by atoms with Crippen molar-refractivity contribution in [3.05, 3.63) is 35.4 Å². The van der Waals surface area contributed by atoms with Crippen molar-refractivity contribution in [2.75, 3.05) is 13.1 Å². The lowest BCUT2D eigenvalue weighted by atomic mass is 9.84. The fourth-order valence-electron chi connectivity index (χ4n) is 2.71. The Balaban J connectivity index is 2.08. The molecule has 0 bridgehead atoms. The lowest BCUT2D eigenvalue weighted by Gasteiger charge is -2.40. The number of hydrogen-bond donors (Lipinski definition) is 2. The molecule has 1 aliphatic rings. The number of benzene rings is 1. The fourth-order valence-corrected chi connectivity index (χ4v) is 2.71. The van der Waals surface area contributed by atoms with Crippen LogP contribution in [0.3, 0.4) is 0 Å². The van der Waals surface area contributed by atoms with Crippen LogP contribution in [0.25, 0.3) is 0 Å². The summed E-state index contributed by atoms with van der Waals surface area (Å²) >= 11 is 0. The second kappa shape index (κ2) is 5.94. The SMILES string of the molecule is CCC(O)N1CCC(O)(c2ccc(C(F)(F)F)cc2)CC1. The Labute approximate surface area is 122 Å². The van der Waals surface area contributed by atoms with E-state index in [2.05, 4.69) is 0 Å². The van der Waals surface area contributed by atoms with Crippen LogP contribution < -0.4 is 0 Å². The summed E-state index contributed by atoms with van der Waals surface area (Å²) in [5, 5.41) is 20.4. The van der Waals surface area contributed by atoms with Gasteiger partial charge in [-0.1, -0.05) is 19.1 Å². The van der Waals surface area contributed by atoms with Crippen LogP contribution in [0.5, 0.6) is 0 Å². The third kappa shape index (κ3) is 3.56. The van der Waals surface area contributed by atoms with E-state index in [1.54, 1.807) is 0 Å². The first kappa shape index (κ1) is 16.3. The Morgan fingerprint density at radius 2 is 1.71 bits per heavy atom. The summed E-state index contributed by atoms with van der Waals surface area (Å²) in [7, 11) is 0. The first-order chi connectivity index (χ1) is 9.76. The standard InChI is InChI=1S/C15H20F3NO2/c1-2-13(20)19-9-7-14(21,8-10-19)11-3-5-12(6-4-11)15(16,17)18/h3-6,13,20-21H,2,7-10H2,1H3. The molecule has 1 unspecified atom stereocenters. The van der Waals surface area contributed by atoms with E-state index in [0.717, 1.165) is 12.1 Å². The van der Waals surface area contributed by atoms with Crippen molar-refractivity contribution >= 4 is 0 Å². The number of hydrogen-bond acceptors (Lipinski definition) is 3. The molecule has 0 aliphatic carbocycles. The summed E-state index contributed by atoms with van der Waals surface area (Å²) in [6.07, 6.45) is -3.48. The third-order valence-corrected chi connectivity index (χ3v) is 4.16. The Kier molecular flexibility index (Phi) is 4.60. The topological polar surface area (TPSA) is 43.7 Å². The van der Waals surface area contributed by atoms with Crippen molar-refractivity contribution in [3.63, 3.8) is 0 Å². The Morgan fingerprint density at radius 3 is 2.14 bits per heavy atom. The molecule has 6 heteroatoms. The van der Waals surface area contributed by atoms with Crippen LogP contribution in [-0.4, -0.2) is 34.4 Å². The zero-order valence-corrected chi connectivity index (χ0v) is 11.9. The smallest absolute Gasteiger partial charge is 0.385 e. The molecule has 2 N–H and O–H groups in total. The van der Waals surface area contributed by atoms with Crippen molar-refractivity contribution in [2.45, 2.75) is 44.2 Å². The van der Waals surface area contributed by atoms with Gasteiger partial charge in [0.05, 0.1) is 11.2 Å². The first-order valence-electron chi connectivity index (χ1n) is 7.08. The monoisotopic (exact) mass is 303 g/mol. The van der Waals surface area contributed by atoms with Gasteiger partial charge in [0.25, 0.3) is 0 Å². The van der Waals surface area contributed by atoms with Gasteiger partial charge in [0.1, 0.15) is 6.23 Å². The number of rotatable bonds is 3. The zero-order chi connectivity index (χ0) is 15.7. The van der Waals surface area contributed by atoms with Crippen LogP contribution in [0.15, 0.2) is 24.3 Å². The van der Waals surface area contributed by atoms with Crippen LogP contribution in [0.2, 0.25) is 0 Å². The fraction of sp³-hybridized carbons (Fsp3) is 0.600. The molecule has 1 aromatic carbocycles. The molecule has 0 aromatic heterocycles. The first-order valence-corrected chi connectivity index (χ1v) is 7.08. The van der Waals surface area contributed by atoms with E-state index in [1.807, 2.05) is 11.8 Å². The molecular formula is C15H20F3NO2. The minimum atomic E-state index is -4.37. The zero-order valence-electron chi connectivity index (χ0n) is 11.9. The van der Waals surface area contributed by atoms with Gasteiger partial charge < -0.3 is 10.2 Å². The van der Waals surface area contributed by atoms with Gasteiger partial charge in [-0.25, -0.2) is 0 Å². The second-order valence-corrected chi connectivity index (χ2v) is 5.53. The predicted octanol–water partition coefficient (Wildman–Crippen LogP) is 2.72. The van der Waals surface area contributed by atoms with Crippen molar-refractivity contribution in [1.82, 2.24) is 4.90 Å². The largest absolute Gasteiger partial charge is 0.416 e. The van der Waals surface area contributed by atoms with Crippen LogP contribution in [0.1, 0.15) is 37.3 Å². The Bertz CT molecular complexity index is 465. The quantitative estimate of drug-likeness (QED) is 0.902. The maximum absolute atomic E-state index is 12.5. The normalized spacial score (nSPS) is 21.2. The highest BCUT2D eigenvalue weighted by atomic mass is 19.4. The molecule has 1 saturated heterocycles. The maximum Gasteiger partial charge on any atom is 0.416 e. The predicted molar refractivity (Wildman–Crippen MR) is 72.4 cm³/mol. The number of likely N-dealkylation sites (tertiary alicyclic amines) is 1. The van der Waals surface area contributed by atoms with E-state index in [9.17, 15) is 23.4 Å². The molecule has 1 aromatic rings. The van der Waals surface area contributed by atoms with E-state index >= 15 is 0 Å². The number of nitrogens with zero attached hydrogens (tertiary/aromatic N) is 1. The van der Waals surface area contributed by atoms with Gasteiger partial charge in [0, 0.05) is 13.1 Å². The summed E-state index contributed by atoms with van der Waals surface area (Å²) in [5.41, 5.74) is -1.33. The molecule has 2 rings (SSSR count). The van der Waals surface area contributed by atoms with Gasteiger partial charge >= 0.3 is 6.18 Å². The summed E-state index contributed by atoms with van der Waals surface area (Å²) in [4.78, 5) is 1.87. The highest BCUT2D eigenvalue weighted by Crippen LogP contribution is 2.35. The average Bonchev–Trinajstić information content (AvgIpc) is 2.46. The van der Waals surface area contributed by atoms with Gasteiger partial charge in [-0.2, -0.15) is 13.2 Å². The van der Waals surface area contributed by atoms with Gasteiger partial charge in [-0.15, -0.1) is 0 Å². The minimum absolute atomic E-state index is 0.398. The second-order valence-electron chi connectivity index (χ2n) is 5.53. The molecule has 1 fully saturated rings. The minimum Gasteiger partial charge on any atom is -0.385 e. The maximum atomic E-state index is 12.5. The highest BCUT2D eigenvalue weighted by Gasteiger charge is 2.36. The van der Waals surface area contributed by atoms with Crippen molar-refractivity contribution < 1.29 is 23.4 Å². The van der Waals surface area contributed by atoms with Crippen LogP contribution in [0.4, 0.5) is 13.2 Å². The van der Waals surface area contributed by atoms with E-state index in [-0.39, 0.29) is 0 Å². The van der Waals surface area contributed by atoms with Crippen LogP contribution >= 0.6 is 0 Å². The summed E-state index contributed by atoms with van der Waals surface area (Å²) < 4.78 is 37.6. The van der Waals surface area contributed by atoms with Crippen LogP contribution in [-0.2, 0) is 11.8 Å². The summed E-state index contributed by atoms with van der Waals surface area (Å²) in [6.45, 7) is 2.92. The van der Waals surface area contributed by atoms with Gasteiger partial charge in [-0.05, 0) is 37.0 Å². The summed E-state index contributed by atoms with van der Waals surface area (Å²) in [6, 6.07) is 4.69. The number of piperidine rings is 1. The molecule has 1 heterocycles. The van der Waals surface area contributed by atoms with Crippen LogP contribution in [0, 0.1) is 0 Å². The number of aliphatic hydroxyl groups excluding tert-OH is 1. The third-order valence-electron chi connectivity index (χ3n) is 4.16. The van der Waals surface area contributed by atoms with E-state index in [0.29, 0.717) is 37.9 Å². The van der Waals surface area contributed by atoms with Crippen molar-refractivity contribution in [1.29, 1.82) is 0 Å². The molecule has 3 nitrogen and oxygen atoms in total. The Hall–Kier alpha value is -1.11. The van der Waals surface area contributed by atoms with E-state index < -0.39 is 23.6 Å². The number of halogens is 3. The van der Waals surface area contributed by atoms with E-state index in [4.69, 9.17) is 0 Å². The van der Waals surface area contributed by atoms with Gasteiger partial charge in [-0.3, -0.25) is 4.90 Å².